The fourth-order valence-corrected chi connectivity index (χ4v) is 7.45. The molecule has 0 aliphatic heterocycles. The van der Waals surface area contributed by atoms with E-state index in [-0.39, 0.29) is 87.0 Å². The number of hydrogen-bond acceptors (Lipinski definition) is 4. The molecule has 262 valence electrons. The first-order valence-corrected chi connectivity index (χ1v) is 18.1. The Balaban J connectivity index is 1.25. The van der Waals surface area contributed by atoms with Crippen molar-refractivity contribution in [2.75, 3.05) is 0 Å². The highest BCUT2D eigenvalue weighted by atomic mass is 16.3. The summed E-state index contributed by atoms with van der Waals surface area (Å²) in [5.74, 6) is 1.27. The molecule has 5 heteroatoms. The maximum Gasteiger partial charge on any atom is 0.164 e. The van der Waals surface area contributed by atoms with E-state index in [2.05, 4.69) is 16.7 Å². The second kappa shape index (κ2) is 13.0. The standard InChI is InChI=1S/C51H32N4O/c1-4-15-33(16-5-1)36-27-29-40-41-23-14-24-42(48(41)56-47(40)32-36)43-31-37(28-30-46(43)55-44-25-12-10-21-38(44)39-22-11-13-26-45(39)55)51-53-49(34-17-6-2-7-18-34)52-50(54-51)35-19-8-3-9-20-35/h1-32H/i1D,14D,15D,16D,23D,24D,27D,32D. The molecule has 11 rings (SSSR count). The molecular formula is C51H32N4O. The fraction of sp³-hybridized carbons (Fsp3) is 0. The van der Waals surface area contributed by atoms with Crippen molar-refractivity contribution in [1.82, 2.24) is 19.5 Å². The molecule has 0 saturated heterocycles. The second-order valence-corrected chi connectivity index (χ2v) is 13.3. The highest BCUT2D eigenvalue weighted by Gasteiger charge is 2.21. The molecule has 0 radical (unpaired) electrons. The van der Waals surface area contributed by atoms with Crippen LogP contribution in [0.2, 0.25) is 0 Å². The van der Waals surface area contributed by atoms with Crippen molar-refractivity contribution >= 4 is 43.7 Å². The van der Waals surface area contributed by atoms with E-state index in [1.54, 1.807) is 0 Å². The summed E-state index contributed by atoms with van der Waals surface area (Å²) in [6.07, 6.45) is 0. The van der Waals surface area contributed by atoms with Gasteiger partial charge in [-0.05, 0) is 53.6 Å². The van der Waals surface area contributed by atoms with Crippen LogP contribution in [0.4, 0.5) is 0 Å². The zero-order chi connectivity index (χ0) is 44.0. The summed E-state index contributed by atoms with van der Waals surface area (Å²) >= 11 is 0. The third-order valence-electron chi connectivity index (χ3n) is 10.0. The summed E-state index contributed by atoms with van der Waals surface area (Å²) in [5.41, 5.74) is 5.21. The van der Waals surface area contributed by atoms with Crippen LogP contribution >= 0.6 is 0 Å². The lowest BCUT2D eigenvalue weighted by molar-refractivity contribution is 0.670. The zero-order valence-electron chi connectivity index (χ0n) is 37.6. The van der Waals surface area contributed by atoms with Crippen LogP contribution in [0, 0.1) is 0 Å². The summed E-state index contributed by atoms with van der Waals surface area (Å²) in [6.45, 7) is 0. The quantitative estimate of drug-likeness (QED) is 0.171. The molecule has 8 aromatic carbocycles. The number of fused-ring (bicyclic) bond motifs is 6. The van der Waals surface area contributed by atoms with Gasteiger partial charge < -0.3 is 8.98 Å². The molecule has 0 saturated carbocycles. The monoisotopic (exact) mass is 724 g/mol. The summed E-state index contributed by atoms with van der Waals surface area (Å²) in [6, 6.07) is 43.1. The van der Waals surface area contributed by atoms with Crippen LogP contribution in [-0.4, -0.2) is 19.5 Å². The molecular weight excluding hydrogens is 685 g/mol. The summed E-state index contributed by atoms with van der Waals surface area (Å²) in [7, 11) is 0. The van der Waals surface area contributed by atoms with E-state index in [9.17, 15) is 5.48 Å². The van der Waals surface area contributed by atoms with E-state index in [1.165, 1.54) is 18.2 Å². The molecule has 0 aliphatic carbocycles. The lowest BCUT2D eigenvalue weighted by Gasteiger charge is -2.16. The van der Waals surface area contributed by atoms with Crippen molar-refractivity contribution in [3.8, 4) is 62.1 Å². The maximum atomic E-state index is 9.63. The van der Waals surface area contributed by atoms with Gasteiger partial charge in [-0.25, -0.2) is 15.0 Å². The Kier molecular flexibility index (Phi) is 5.74. The summed E-state index contributed by atoms with van der Waals surface area (Å²) < 4.78 is 80.6. The third kappa shape index (κ3) is 5.29. The molecule has 3 heterocycles. The van der Waals surface area contributed by atoms with Gasteiger partial charge in [0.15, 0.2) is 17.5 Å². The number of rotatable bonds is 6. The van der Waals surface area contributed by atoms with Gasteiger partial charge in [0.05, 0.1) is 27.7 Å². The van der Waals surface area contributed by atoms with E-state index in [1.807, 2.05) is 115 Å². The van der Waals surface area contributed by atoms with Crippen LogP contribution in [0.3, 0.4) is 0 Å². The van der Waals surface area contributed by atoms with Gasteiger partial charge in [0.25, 0.3) is 0 Å². The predicted molar refractivity (Wildman–Crippen MR) is 229 cm³/mol. The lowest BCUT2D eigenvalue weighted by Crippen LogP contribution is -2.02. The second-order valence-electron chi connectivity index (χ2n) is 13.3. The van der Waals surface area contributed by atoms with Gasteiger partial charge in [0.1, 0.15) is 11.2 Å². The van der Waals surface area contributed by atoms with Gasteiger partial charge >= 0.3 is 0 Å². The number of hydrogen-bond donors (Lipinski definition) is 0. The Bertz CT molecular complexity index is 3590. The molecule has 0 bridgehead atoms. The largest absolute Gasteiger partial charge is 0.455 e. The highest BCUT2D eigenvalue weighted by Crippen LogP contribution is 2.43. The predicted octanol–water partition coefficient (Wildman–Crippen LogP) is 13.2. The minimum absolute atomic E-state index is 0.00508. The summed E-state index contributed by atoms with van der Waals surface area (Å²) in [5, 5.41) is 2.37. The number of benzene rings is 8. The van der Waals surface area contributed by atoms with Crippen molar-refractivity contribution in [2.45, 2.75) is 0 Å². The molecule has 0 atom stereocenters. The Morgan fingerprint density at radius 3 is 1.70 bits per heavy atom. The van der Waals surface area contributed by atoms with Crippen LogP contribution < -0.4 is 0 Å². The van der Waals surface area contributed by atoms with Crippen molar-refractivity contribution in [3.63, 3.8) is 0 Å². The number of furan rings is 1. The van der Waals surface area contributed by atoms with Gasteiger partial charge in [-0.2, -0.15) is 0 Å². The van der Waals surface area contributed by atoms with E-state index >= 15 is 0 Å². The van der Waals surface area contributed by atoms with E-state index in [4.69, 9.17) is 24.9 Å². The topological polar surface area (TPSA) is 56.7 Å². The molecule has 0 N–H and O–H groups in total. The van der Waals surface area contributed by atoms with Crippen molar-refractivity contribution in [2.24, 2.45) is 0 Å². The Hall–Kier alpha value is -7.63. The van der Waals surface area contributed by atoms with Crippen LogP contribution in [0.25, 0.3) is 106 Å². The Morgan fingerprint density at radius 1 is 0.429 bits per heavy atom. The Morgan fingerprint density at radius 2 is 1.04 bits per heavy atom. The minimum atomic E-state index is -0.378. The van der Waals surface area contributed by atoms with Crippen LogP contribution in [0.5, 0.6) is 0 Å². The average Bonchev–Trinajstić information content (AvgIpc) is 3.85. The molecule has 11 aromatic rings. The highest BCUT2D eigenvalue weighted by molar-refractivity contribution is 6.13. The third-order valence-corrected chi connectivity index (χ3v) is 10.0. The van der Waals surface area contributed by atoms with Gasteiger partial charge in [-0.15, -0.1) is 0 Å². The first-order chi connectivity index (χ1) is 31.1. The number of aromatic nitrogens is 4. The van der Waals surface area contributed by atoms with Crippen LogP contribution in [0.15, 0.2) is 198 Å². The number of nitrogens with zero attached hydrogens (tertiary/aromatic N) is 4. The van der Waals surface area contributed by atoms with Gasteiger partial charge in [0, 0.05) is 49.4 Å². The first kappa shape index (κ1) is 24.6. The van der Waals surface area contributed by atoms with Gasteiger partial charge in [-0.1, -0.05) is 151 Å². The molecule has 0 aliphatic rings. The molecule has 0 spiro atoms. The first-order valence-electron chi connectivity index (χ1n) is 22.1. The average molecular weight is 725 g/mol. The molecule has 3 aromatic heterocycles. The Labute approximate surface area is 334 Å². The van der Waals surface area contributed by atoms with Crippen molar-refractivity contribution in [3.05, 3.63) is 194 Å². The van der Waals surface area contributed by atoms with Crippen molar-refractivity contribution < 1.29 is 15.4 Å². The van der Waals surface area contributed by atoms with Crippen LogP contribution in [-0.2, 0) is 0 Å². The molecule has 0 fully saturated rings. The molecule has 56 heavy (non-hydrogen) atoms. The number of para-hydroxylation sites is 3. The van der Waals surface area contributed by atoms with E-state index < -0.39 is 0 Å². The minimum Gasteiger partial charge on any atom is -0.455 e. The normalized spacial score (nSPS) is 13.6. The SMILES string of the molecule is [2H]c1cc([2H])c(-c2c([2H])cc3c(oc4c(-c5cc(-c6nc(-c7ccccc7)nc(-c7ccccc7)n6)ccc5-n5c6ccccc6c6ccccc65)c([2H])c([2H])c([2H])c43)c2[2H])c([2H])c1. The maximum absolute atomic E-state index is 9.63. The van der Waals surface area contributed by atoms with E-state index in [0.29, 0.717) is 34.3 Å². The molecule has 0 unspecified atom stereocenters. The zero-order valence-corrected chi connectivity index (χ0v) is 29.6. The smallest absolute Gasteiger partial charge is 0.164 e. The molecule has 5 nitrogen and oxygen atoms in total. The van der Waals surface area contributed by atoms with E-state index in [0.717, 1.165) is 32.9 Å². The lowest BCUT2D eigenvalue weighted by atomic mass is 9.97. The van der Waals surface area contributed by atoms with Gasteiger partial charge in [0.2, 0.25) is 0 Å². The van der Waals surface area contributed by atoms with Crippen molar-refractivity contribution in [1.29, 1.82) is 0 Å². The van der Waals surface area contributed by atoms with Gasteiger partial charge in [-0.3, -0.25) is 0 Å². The summed E-state index contributed by atoms with van der Waals surface area (Å²) in [4.78, 5) is 14.9. The molecule has 0 amide bonds. The fourth-order valence-electron chi connectivity index (χ4n) is 7.45. The van der Waals surface area contributed by atoms with Crippen LogP contribution in [0.1, 0.15) is 11.0 Å².